The van der Waals surface area contributed by atoms with Crippen LogP contribution in [0.25, 0.3) is 0 Å². The van der Waals surface area contributed by atoms with Crippen molar-refractivity contribution in [3.8, 4) is 0 Å². The minimum absolute atomic E-state index is 1.13. The second kappa shape index (κ2) is 18.5. The Balaban J connectivity index is 3.40. The molecular weight excluding hydrogens is 542 g/mol. The van der Waals surface area contributed by atoms with Crippen molar-refractivity contribution < 1.29 is 0 Å². The van der Waals surface area contributed by atoms with E-state index in [2.05, 4.69) is 83.6 Å². The largest absolute Gasteiger partial charge is 0.0999 e. The molecule has 0 saturated carbocycles. The molecule has 0 spiro atoms. The molecule has 2 heteroatoms. The number of hydrogen-bond donors (Lipinski definition) is 0. The van der Waals surface area contributed by atoms with Crippen LogP contribution in [0.2, 0.25) is 0 Å². The first-order valence-corrected chi connectivity index (χ1v) is 12.2. The van der Waals surface area contributed by atoms with Crippen LogP contribution in [0, 0.1) is 0 Å². The van der Waals surface area contributed by atoms with Gasteiger partial charge in [-0.2, -0.15) is 0 Å². The Labute approximate surface area is 190 Å². The molecule has 0 fully saturated rings. The second-order valence-electron chi connectivity index (χ2n) is 7.20. The van der Waals surface area contributed by atoms with Gasteiger partial charge in [0, 0.05) is 0 Å². The summed E-state index contributed by atoms with van der Waals surface area (Å²) in [6.45, 7) is 16.3. The summed E-state index contributed by atoms with van der Waals surface area (Å²) in [5, 5.41) is 0. The highest BCUT2D eigenvalue weighted by atomic mass is 127. The maximum Gasteiger partial charge on any atom is -0.0166 e. The van der Waals surface area contributed by atoms with Crippen molar-refractivity contribution in [3.05, 3.63) is 56.8 Å². The van der Waals surface area contributed by atoms with Gasteiger partial charge in [-0.15, -0.1) is 0 Å². The SMILES string of the molecule is C=C(I)CCCC(=C)CCCC/C=C\CCCCC(=C)CCCC(=C)I. The van der Waals surface area contributed by atoms with Gasteiger partial charge in [-0.25, -0.2) is 0 Å². The Hall–Kier alpha value is 0.160. The summed E-state index contributed by atoms with van der Waals surface area (Å²) in [5.41, 5.74) is 2.82. The fourth-order valence-electron chi connectivity index (χ4n) is 2.82. The number of hydrogen-bond acceptors (Lipinski definition) is 0. The Morgan fingerprint density at radius 1 is 0.500 bits per heavy atom. The van der Waals surface area contributed by atoms with Crippen LogP contribution in [0.5, 0.6) is 0 Å². The van der Waals surface area contributed by atoms with E-state index in [-0.39, 0.29) is 0 Å². The second-order valence-corrected chi connectivity index (χ2v) is 10.3. The number of rotatable bonds is 18. The zero-order chi connectivity index (χ0) is 19.6. The third-order valence-corrected chi connectivity index (χ3v) is 5.50. The summed E-state index contributed by atoms with van der Waals surface area (Å²) in [6.07, 6.45) is 21.7. The predicted molar refractivity (Wildman–Crippen MR) is 138 cm³/mol. The molecule has 0 radical (unpaired) electrons. The van der Waals surface area contributed by atoms with E-state index in [0.717, 1.165) is 25.7 Å². The van der Waals surface area contributed by atoms with E-state index in [9.17, 15) is 0 Å². The van der Waals surface area contributed by atoms with Gasteiger partial charge >= 0.3 is 0 Å². The van der Waals surface area contributed by atoms with Crippen molar-refractivity contribution in [2.24, 2.45) is 0 Å². The van der Waals surface area contributed by atoms with Gasteiger partial charge in [-0.1, -0.05) is 49.6 Å². The molecule has 0 aromatic heterocycles. The molecule has 0 heterocycles. The lowest BCUT2D eigenvalue weighted by molar-refractivity contribution is 0.695. The maximum absolute atomic E-state index is 4.20. The van der Waals surface area contributed by atoms with Gasteiger partial charge < -0.3 is 0 Å². The third kappa shape index (κ3) is 20.5. The molecule has 0 N–H and O–H groups in total. The fraction of sp³-hybridized carbons (Fsp3) is 0.583. The molecule has 0 rings (SSSR count). The van der Waals surface area contributed by atoms with Gasteiger partial charge in [-0.05, 0) is 142 Å². The average molecular weight is 580 g/mol. The molecule has 0 atom stereocenters. The molecule has 0 nitrogen and oxygen atoms in total. The molecular formula is C24H38I2. The van der Waals surface area contributed by atoms with Gasteiger partial charge in [0.1, 0.15) is 0 Å². The van der Waals surface area contributed by atoms with Crippen LogP contribution >= 0.6 is 45.2 Å². The first-order valence-electron chi connectivity index (χ1n) is 10.1. The van der Waals surface area contributed by atoms with Crippen molar-refractivity contribution in [2.75, 3.05) is 0 Å². The molecule has 0 aliphatic carbocycles. The summed E-state index contributed by atoms with van der Waals surface area (Å²) in [5.74, 6) is 0. The van der Waals surface area contributed by atoms with Crippen LogP contribution in [0.1, 0.15) is 89.9 Å². The van der Waals surface area contributed by atoms with E-state index in [4.69, 9.17) is 0 Å². The van der Waals surface area contributed by atoms with E-state index in [1.807, 2.05) is 0 Å². The normalized spacial score (nSPS) is 11.0. The van der Waals surface area contributed by atoms with Gasteiger partial charge in [0.25, 0.3) is 0 Å². The van der Waals surface area contributed by atoms with Gasteiger partial charge in [0.05, 0.1) is 0 Å². The quantitative estimate of drug-likeness (QED) is 0.0860. The highest BCUT2D eigenvalue weighted by Gasteiger charge is 1.97. The average Bonchev–Trinajstić information content (AvgIpc) is 2.55. The summed E-state index contributed by atoms with van der Waals surface area (Å²) in [6, 6.07) is 0. The van der Waals surface area contributed by atoms with Gasteiger partial charge in [-0.3, -0.25) is 0 Å². The molecule has 0 aliphatic rings. The van der Waals surface area contributed by atoms with Crippen LogP contribution < -0.4 is 0 Å². The van der Waals surface area contributed by atoms with Crippen molar-refractivity contribution in [3.63, 3.8) is 0 Å². The van der Waals surface area contributed by atoms with E-state index >= 15 is 0 Å². The van der Waals surface area contributed by atoms with Gasteiger partial charge in [0.15, 0.2) is 0 Å². The zero-order valence-electron chi connectivity index (χ0n) is 16.6. The summed E-state index contributed by atoms with van der Waals surface area (Å²) in [4.78, 5) is 0. The van der Waals surface area contributed by atoms with Crippen LogP contribution in [-0.4, -0.2) is 0 Å². The summed E-state index contributed by atoms with van der Waals surface area (Å²) in [7, 11) is 0. The number of unbranched alkanes of at least 4 members (excludes halogenated alkanes) is 4. The maximum atomic E-state index is 4.20. The van der Waals surface area contributed by atoms with Crippen molar-refractivity contribution in [2.45, 2.75) is 89.9 Å². The minimum atomic E-state index is 1.13. The Morgan fingerprint density at radius 3 is 1.19 bits per heavy atom. The van der Waals surface area contributed by atoms with Gasteiger partial charge in [0.2, 0.25) is 0 Å². The molecule has 0 aromatic carbocycles. The van der Waals surface area contributed by atoms with E-state index in [1.54, 1.807) is 0 Å². The minimum Gasteiger partial charge on any atom is -0.0999 e. The lowest BCUT2D eigenvalue weighted by Gasteiger charge is -2.05. The molecule has 0 saturated heterocycles. The van der Waals surface area contributed by atoms with Crippen molar-refractivity contribution in [1.82, 2.24) is 0 Å². The van der Waals surface area contributed by atoms with Crippen molar-refractivity contribution >= 4 is 45.2 Å². The molecule has 0 aliphatic heterocycles. The number of allylic oxidation sites excluding steroid dienone is 6. The standard InChI is InChI=1S/C24H38I2/c1-21(17-13-19-23(3)25)15-11-9-7-5-6-8-10-12-16-22(2)18-14-20-24(4)26/h5-6H,1-4,7-20H2/b6-5-. The predicted octanol–water partition coefficient (Wildman–Crippen LogP) is 10.0. The first kappa shape index (κ1) is 26.2. The highest BCUT2D eigenvalue weighted by molar-refractivity contribution is 14.1. The summed E-state index contributed by atoms with van der Waals surface area (Å²) >= 11 is 4.63. The zero-order valence-corrected chi connectivity index (χ0v) is 21.0. The first-order chi connectivity index (χ1) is 12.4. The van der Waals surface area contributed by atoms with Crippen LogP contribution in [0.4, 0.5) is 0 Å². The molecule has 0 aromatic rings. The highest BCUT2D eigenvalue weighted by Crippen LogP contribution is 2.19. The van der Waals surface area contributed by atoms with E-state index < -0.39 is 0 Å². The van der Waals surface area contributed by atoms with E-state index in [0.29, 0.717) is 0 Å². The molecule has 26 heavy (non-hydrogen) atoms. The smallest absolute Gasteiger partial charge is 0.0166 e. The van der Waals surface area contributed by atoms with Crippen LogP contribution in [0.3, 0.4) is 0 Å². The van der Waals surface area contributed by atoms with Crippen LogP contribution in [-0.2, 0) is 0 Å². The lowest BCUT2D eigenvalue weighted by Crippen LogP contribution is -1.85. The van der Waals surface area contributed by atoms with Crippen LogP contribution in [0.15, 0.2) is 56.8 Å². The van der Waals surface area contributed by atoms with E-state index in [1.165, 1.54) is 82.5 Å². The topological polar surface area (TPSA) is 0 Å². The Kier molecular flexibility index (Phi) is 18.6. The lowest BCUT2D eigenvalue weighted by atomic mass is 10.0. The monoisotopic (exact) mass is 580 g/mol. The Bertz CT molecular complexity index is 415. The Morgan fingerprint density at radius 2 is 0.846 bits per heavy atom. The molecule has 0 bridgehead atoms. The molecule has 0 amide bonds. The number of halogens is 2. The van der Waals surface area contributed by atoms with Crippen molar-refractivity contribution in [1.29, 1.82) is 0 Å². The molecule has 0 unspecified atom stereocenters. The summed E-state index contributed by atoms with van der Waals surface area (Å²) < 4.78 is 2.51. The molecule has 148 valence electrons. The third-order valence-electron chi connectivity index (χ3n) is 4.43. The fourth-order valence-corrected chi connectivity index (χ4v) is 3.58.